The number of benzene rings is 1. The van der Waals surface area contributed by atoms with Crippen LogP contribution in [-0.2, 0) is 5.54 Å². The van der Waals surface area contributed by atoms with Crippen LogP contribution in [0.2, 0.25) is 5.02 Å². The Morgan fingerprint density at radius 2 is 1.90 bits per heavy atom. The van der Waals surface area contributed by atoms with Crippen molar-refractivity contribution in [2.24, 2.45) is 0 Å². The lowest BCUT2D eigenvalue weighted by atomic mass is 9.94. The third kappa shape index (κ3) is 3.06. The second kappa shape index (κ2) is 6.08. The number of rotatable bonds is 3. The van der Waals surface area contributed by atoms with E-state index in [2.05, 4.69) is 10.6 Å². The number of para-hydroxylation sites is 1. The van der Waals surface area contributed by atoms with Gasteiger partial charge in [-0.2, -0.15) is 0 Å². The zero-order valence-electron chi connectivity index (χ0n) is 11.6. The van der Waals surface area contributed by atoms with Gasteiger partial charge in [-0.05, 0) is 49.3 Å². The molecule has 0 aliphatic heterocycles. The van der Waals surface area contributed by atoms with Gasteiger partial charge in [0.05, 0.1) is 22.5 Å². The van der Waals surface area contributed by atoms with Crippen LogP contribution in [0.3, 0.4) is 0 Å². The van der Waals surface area contributed by atoms with Crippen molar-refractivity contribution >= 4 is 34.6 Å². The Hall–Kier alpha value is -1.52. The van der Waals surface area contributed by atoms with Crippen LogP contribution in [-0.4, -0.2) is 5.11 Å². The lowest BCUT2D eigenvalue weighted by Gasteiger charge is -2.29. The first-order valence-electron chi connectivity index (χ1n) is 7.07. The minimum Gasteiger partial charge on any atom is -0.467 e. The van der Waals surface area contributed by atoms with Gasteiger partial charge in [0.2, 0.25) is 0 Å². The Labute approximate surface area is 134 Å². The van der Waals surface area contributed by atoms with Crippen LogP contribution in [0.5, 0.6) is 0 Å². The molecule has 3 nitrogen and oxygen atoms in total. The van der Waals surface area contributed by atoms with Crippen molar-refractivity contribution in [3.63, 3.8) is 0 Å². The summed E-state index contributed by atoms with van der Waals surface area (Å²) in [6.45, 7) is 0. The number of anilines is 1. The molecule has 1 saturated carbocycles. The topological polar surface area (TPSA) is 37.2 Å². The second-order valence-electron chi connectivity index (χ2n) is 5.33. The third-order valence-corrected chi connectivity index (χ3v) is 4.46. The van der Waals surface area contributed by atoms with Gasteiger partial charge in [-0.25, -0.2) is 0 Å². The van der Waals surface area contributed by atoms with Crippen LogP contribution in [0, 0.1) is 0 Å². The molecule has 1 aromatic carbocycles. The molecule has 1 aliphatic rings. The minimum atomic E-state index is -0.200. The molecule has 0 spiro atoms. The third-order valence-electron chi connectivity index (χ3n) is 3.92. The van der Waals surface area contributed by atoms with Gasteiger partial charge in [-0.1, -0.05) is 36.6 Å². The van der Waals surface area contributed by atoms with E-state index in [-0.39, 0.29) is 5.54 Å². The predicted octanol–water partition coefficient (Wildman–Crippen LogP) is 4.69. The van der Waals surface area contributed by atoms with Crippen molar-refractivity contribution in [2.45, 2.75) is 31.2 Å². The molecule has 3 rings (SSSR count). The van der Waals surface area contributed by atoms with E-state index < -0.39 is 0 Å². The molecule has 0 amide bonds. The summed E-state index contributed by atoms with van der Waals surface area (Å²) in [5, 5.41) is 7.83. The summed E-state index contributed by atoms with van der Waals surface area (Å²) < 4.78 is 5.62. The summed E-state index contributed by atoms with van der Waals surface area (Å²) in [5.41, 5.74) is 0.610. The molecule has 0 unspecified atom stereocenters. The average molecular weight is 321 g/mol. The number of hydrogen-bond acceptors (Lipinski definition) is 2. The van der Waals surface area contributed by atoms with E-state index in [1.165, 1.54) is 12.8 Å². The lowest BCUT2D eigenvalue weighted by Crippen LogP contribution is -2.45. The van der Waals surface area contributed by atoms with Crippen LogP contribution in [0.25, 0.3) is 0 Å². The first-order valence-corrected chi connectivity index (χ1v) is 7.86. The average Bonchev–Trinajstić information content (AvgIpc) is 3.12. The monoisotopic (exact) mass is 320 g/mol. The maximum absolute atomic E-state index is 6.15. The summed E-state index contributed by atoms with van der Waals surface area (Å²) in [4.78, 5) is 0. The van der Waals surface area contributed by atoms with E-state index in [1.807, 2.05) is 36.4 Å². The number of nitrogens with one attached hydrogen (secondary N) is 2. The highest BCUT2D eigenvalue weighted by Gasteiger charge is 2.38. The number of hydrogen-bond donors (Lipinski definition) is 2. The molecule has 110 valence electrons. The van der Waals surface area contributed by atoms with E-state index in [0.717, 1.165) is 24.3 Å². The highest BCUT2D eigenvalue weighted by molar-refractivity contribution is 7.80. The van der Waals surface area contributed by atoms with Gasteiger partial charge in [-0.3, -0.25) is 0 Å². The van der Waals surface area contributed by atoms with Crippen molar-refractivity contribution < 1.29 is 4.42 Å². The number of thiocarbonyl (C=S) groups is 1. The molecule has 1 aliphatic carbocycles. The van der Waals surface area contributed by atoms with Crippen LogP contribution < -0.4 is 10.6 Å². The quantitative estimate of drug-likeness (QED) is 0.805. The van der Waals surface area contributed by atoms with Crippen LogP contribution in [0.4, 0.5) is 5.69 Å². The van der Waals surface area contributed by atoms with Gasteiger partial charge in [0, 0.05) is 0 Å². The standard InChI is InChI=1S/C16H17ClN2OS/c17-12-6-1-2-7-13(12)18-15(21)19-16(9-3-4-10-16)14-8-5-11-20-14/h1-2,5-8,11H,3-4,9-10H2,(H2,18,19,21). The Kier molecular flexibility index (Phi) is 4.17. The zero-order valence-corrected chi connectivity index (χ0v) is 13.1. The molecule has 0 atom stereocenters. The van der Waals surface area contributed by atoms with Crippen molar-refractivity contribution in [1.82, 2.24) is 5.32 Å². The van der Waals surface area contributed by atoms with Crippen LogP contribution >= 0.6 is 23.8 Å². The summed E-state index contributed by atoms with van der Waals surface area (Å²) in [7, 11) is 0. The number of halogens is 1. The molecule has 0 radical (unpaired) electrons. The summed E-state index contributed by atoms with van der Waals surface area (Å²) in [6, 6.07) is 11.5. The lowest BCUT2D eigenvalue weighted by molar-refractivity contribution is 0.317. The minimum absolute atomic E-state index is 0.200. The molecule has 1 aromatic heterocycles. The van der Waals surface area contributed by atoms with Gasteiger partial charge in [-0.15, -0.1) is 0 Å². The molecule has 2 aromatic rings. The van der Waals surface area contributed by atoms with Gasteiger partial charge >= 0.3 is 0 Å². The van der Waals surface area contributed by atoms with Gasteiger partial charge in [0.15, 0.2) is 5.11 Å². The summed E-state index contributed by atoms with van der Waals surface area (Å²) >= 11 is 11.6. The Balaban J connectivity index is 1.75. The van der Waals surface area contributed by atoms with Crippen molar-refractivity contribution in [3.8, 4) is 0 Å². The molecule has 5 heteroatoms. The highest BCUT2D eigenvalue weighted by atomic mass is 35.5. The predicted molar refractivity (Wildman–Crippen MR) is 89.7 cm³/mol. The molecular weight excluding hydrogens is 304 g/mol. The maximum Gasteiger partial charge on any atom is 0.171 e. The van der Waals surface area contributed by atoms with E-state index in [4.69, 9.17) is 28.2 Å². The first-order chi connectivity index (χ1) is 10.2. The van der Waals surface area contributed by atoms with Gasteiger partial charge in [0.25, 0.3) is 0 Å². The molecule has 0 bridgehead atoms. The van der Waals surface area contributed by atoms with Crippen molar-refractivity contribution in [3.05, 3.63) is 53.4 Å². The van der Waals surface area contributed by atoms with E-state index in [1.54, 1.807) is 6.26 Å². The number of furan rings is 1. The van der Waals surface area contributed by atoms with Gasteiger partial charge < -0.3 is 15.1 Å². The molecular formula is C16H17ClN2OS. The Morgan fingerprint density at radius 3 is 2.57 bits per heavy atom. The van der Waals surface area contributed by atoms with Crippen molar-refractivity contribution in [2.75, 3.05) is 5.32 Å². The maximum atomic E-state index is 6.15. The fraction of sp³-hybridized carbons (Fsp3) is 0.312. The second-order valence-corrected chi connectivity index (χ2v) is 6.14. The zero-order chi connectivity index (χ0) is 14.7. The molecule has 1 heterocycles. The fourth-order valence-corrected chi connectivity index (χ4v) is 3.38. The SMILES string of the molecule is S=C(Nc1ccccc1Cl)NC1(c2ccco2)CCCC1. The molecule has 0 saturated heterocycles. The van der Waals surface area contributed by atoms with Crippen LogP contribution in [0.1, 0.15) is 31.4 Å². The summed E-state index contributed by atoms with van der Waals surface area (Å²) in [6.07, 6.45) is 6.09. The van der Waals surface area contributed by atoms with Crippen LogP contribution in [0.15, 0.2) is 47.1 Å². The smallest absolute Gasteiger partial charge is 0.171 e. The fourth-order valence-electron chi connectivity index (χ4n) is 2.90. The van der Waals surface area contributed by atoms with Gasteiger partial charge in [0.1, 0.15) is 5.76 Å². The molecule has 21 heavy (non-hydrogen) atoms. The van der Waals surface area contributed by atoms with Crippen molar-refractivity contribution in [1.29, 1.82) is 0 Å². The highest BCUT2D eigenvalue weighted by Crippen LogP contribution is 2.39. The van der Waals surface area contributed by atoms with E-state index >= 15 is 0 Å². The largest absolute Gasteiger partial charge is 0.467 e. The Bertz CT molecular complexity index is 621. The first kappa shape index (κ1) is 14.4. The van der Waals surface area contributed by atoms with E-state index in [9.17, 15) is 0 Å². The Morgan fingerprint density at radius 1 is 1.14 bits per heavy atom. The normalized spacial score (nSPS) is 16.6. The van der Waals surface area contributed by atoms with E-state index in [0.29, 0.717) is 10.1 Å². The summed E-state index contributed by atoms with van der Waals surface area (Å²) in [5.74, 6) is 0.948. The molecule has 2 N–H and O–H groups in total. The molecule has 1 fully saturated rings.